The summed E-state index contributed by atoms with van der Waals surface area (Å²) >= 11 is 3.31. The minimum Gasteiger partial charge on any atom is -0.504 e. The zero-order valence-corrected chi connectivity index (χ0v) is 17.7. The third-order valence-electron chi connectivity index (χ3n) is 4.24. The Labute approximate surface area is 176 Å². The highest BCUT2D eigenvalue weighted by Crippen LogP contribution is 2.34. The van der Waals surface area contributed by atoms with Gasteiger partial charge >= 0.3 is 6.03 Å². The molecule has 1 saturated heterocycles. The Bertz CT molecular complexity index is 1040. The minimum absolute atomic E-state index is 0.0765. The SMILES string of the molecule is CCOc1cc(/C=C2\C(=O)NC(=O)N(c3cc(C)cc(C)c3)C2=O)c(Br)cc1O. The predicted octanol–water partition coefficient (Wildman–Crippen LogP) is 3.84. The van der Waals surface area contributed by atoms with Crippen LogP contribution in [0.4, 0.5) is 10.5 Å². The number of aryl methyl sites for hydroxylation is 2. The average Bonchev–Trinajstić information content (AvgIpc) is 2.61. The van der Waals surface area contributed by atoms with Gasteiger partial charge in [0, 0.05) is 4.47 Å². The van der Waals surface area contributed by atoms with Crippen molar-refractivity contribution in [1.82, 2.24) is 5.32 Å². The van der Waals surface area contributed by atoms with Crippen molar-refractivity contribution in [2.75, 3.05) is 11.5 Å². The van der Waals surface area contributed by atoms with Crippen LogP contribution in [0.2, 0.25) is 0 Å². The van der Waals surface area contributed by atoms with Crippen LogP contribution >= 0.6 is 15.9 Å². The lowest BCUT2D eigenvalue weighted by Gasteiger charge is -2.27. The molecule has 8 heteroatoms. The van der Waals surface area contributed by atoms with Crippen LogP contribution in [0, 0.1) is 13.8 Å². The maximum atomic E-state index is 13.0. The van der Waals surface area contributed by atoms with Crippen LogP contribution in [0.5, 0.6) is 11.5 Å². The third-order valence-corrected chi connectivity index (χ3v) is 4.93. The number of urea groups is 1. The summed E-state index contributed by atoms with van der Waals surface area (Å²) in [5, 5.41) is 12.2. The first-order valence-corrected chi connectivity index (χ1v) is 9.65. The molecule has 0 unspecified atom stereocenters. The van der Waals surface area contributed by atoms with E-state index in [2.05, 4.69) is 21.2 Å². The molecule has 1 fully saturated rings. The van der Waals surface area contributed by atoms with E-state index in [-0.39, 0.29) is 17.1 Å². The van der Waals surface area contributed by atoms with E-state index in [0.717, 1.165) is 16.0 Å². The van der Waals surface area contributed by atoms with Crippen molar-refractivity contribution in [3.05, 3.63) is 57.1 Å². The second-order valence-electron chi connectivity index (χ2n) is 6.58. The molecule has 150 valence electrons. The Kier molecular flexibility index (Phi) is 5.74. The molecule has 1 heterocycles. The summed E-state index contributed by atoms with van der Waals surface area (Å²) in [7, 11) is 0. The zero-order chi connectivity index (χ0) is 21.3. The van der Waals surface area contributed by atoms with E-state index in [1.165, 1.54) is 18.2 Å². The van der Waals surface area contributed by atoms with Gasteiger partial charge in [0.25, 0.3) is 11.8 Å². The Morgan fingerprint density at radius 3 is 2.38 bits per heavy atom. The number of carbonyl (C=O) groups excluding carboxylic acids is 3. The summed E-state index contributed by atoms with van der Waals surface area (Å²) in [6.07, 6.45) is 1.35. The van der Waals surface area contributed by atoms with Gasteiger partial charge in [0.1, 0.15) is 5.57 Å². The van der Waals surface area contributed by atoms with Crippen LogP contribution < -0.4 is 15.0 Å². The number of amides is 4. The van der Waals surface area contributed by atoms with Crippen molar-refractivity contribution in [2.24, 2.45) is 0 Å². The van der Waals surface area contributed by atoms with Gasteiger partial charge in [-0.3, -0.25) is 14.9 Å². The lowest BCUT2D eigenvalue weighted by atomic mass is 10.0. The molecule has 3 rings (SSSR count). The summed E-state index contributed by atoms with van der Waals surface area (Å²) in [5.41, 5.74) is 2.37. The van der Waals surface area contributed by atoms with Gasteiger partial charge in [-0.1, -0.05) is 22.0 Å². The fourth-order valence-electron chi connectivity index (χ4n) is 3.07. The molecule has 2 aromatic rings. The van der Waals surface area contributed by atoms with Gasteiger partial charge in [-0.25, -0.2) is 9.69 Å². The van der Waals surface area contributed by atoms with Gasteiger partial charge in [-0.2, -0.15) is 0 Å². The van der Waals surface area contributed by atoms with Gasteiger partial charge in [0.2, 0.25) is 0 Å². The molecule has 2 N–H and O–H groups in total. The number of phenols is 1. The number of hydrogen-bond donors (Lipinski definition) is 2. The fourth-order valence-corrected chi connectivity index (χ4v) is 3.51. The van der Waals surface area contributed by atoms with Crippen LogP contribution in [-0.2, 0) is 9.59 Å². The van der Waals surface area contributed by atoms with Crippen molar-refractivity contribution >= 4 is 45.5 Å². The van der Waals surface area contributed by atoms with Crippen LogP contribution in [0.3, 0.4) is 0 Å². The molecule has 4 amide bonds. The van der Waals surface area contributed by atoms with Gasteiger partial charge in [-0.05, 0) is 67.8 Å². The monoisotopic (exact) mass is 458 g/mol. The summed E-state index contributed by atoms with van der Waals surface area (Å²) in [6, 6.07) is 7.43. The largest absolute Gasteiger partial charge is 0.504 e. The van der Waals surface area contributed by atoms with E-state index in [0.29, 0.717) is 22.3 Å². The van der Waals surface area contributed by atoms with E-state index >= 15 is 0 Å². The summed E-state index contributed by atoms with van der Waals surface area (Å²) in [6.45, 7) is 5.81. The number of imide groups is 2. The molecule has 0 aliphatic carbocycles. The quantitative estimate of drug-likeness (QED) is 0.535. The number of ether oxygens (including phenoxy) is 1. The Morgan fingerprint density at radius 2 is 1.76 bits per heavy atom. The van der Waals surface area contributed by atoms with Crippen molar-refractivity contribution in [1.29, 1.82) is 0 Å². The van der Waals surface area contributed by atoms with E-state index in [9.17, 15) is 19.5 Å². The average molecular weight is 459 g/mol. The number of nitrogens with zero attached hydrogens (tertiary/aromatic N) is 1. The molecule has 0 aromatic heterocycles. The molecule has 0 spiro atoms. The Balaban J connectivity index is 2.07. The number of halogens is 1. The van der Waals surface area contributed by atoms with Crippen molar-refractivity contribution < 1.29 is 24.2 Å². The number of anilines is 1. The highest BCUT2D eigenvalue weighted by Gasteiger charge is 2.37. The summed E-state index contributed by atoms with van der Waals surface area (Å²) < 4.78 is 5.82. The Morgan fingerprint density at radius 1 is 1.10 bits per heavy atom. The number of phenolic OH excluding ortho intramolecular Hbond substituents is 1. The van der Waals surface area contributed by atoms with E-state index < -0.39 is 17.8 Å². The zero-order valence-electron chi connectivity index (χ0n) is 16.1. The normalized spacial score (nSPS) is 15.7. The first-order chi connectivity index (χ1) is 13.7. The van der Waals surface area contributed by atoms with Crippen molar-refractivity contribution in [3.63, 3.8) is 0 Å². The van der Waals surface area contributed by atoms with Gasteiger partial charge < -0.3 is 9.84 Å². The topological polar surface area (TPSA) is 95.9 Å². The molecule has 0 saturated carbocycles. The van der Waals surface area contributed by atoms with Crippen molar-refractivity contribution in [2.45, 2.75) is 20.8 Å². The molecule has 29 heavy (non-hydrogen) atoms. The molecule has 0 radical (unpaired) electrons. The number of hydrogen-bond acceptors (Lipinski definition) is 5. The first-order valence-electron chi connectivity index (χ1n) is 8.86. The highest BCUT2D eigenvalue weighted by molar-refractivity contribution is 9.10. The second-order valence-corrected chi connectivity index (χ2v) is 7.43. The van der Waals surface area contributed by atoms with Crippen LogP contribution in [0.1, 0.15) is 23.6 Å². The standard InChI is InChI=1S/C21H19BrN2O5/c1-4-29-18-9-13(16(22)10-17(18)25)8-15-19(26)23-21(28)24(20(15)27)14-6-11(2)5-12(3)7-14/h5-10,25H,4H2,1-3H3,(H,23,26,28)/b15-8+. The van der Waals surface area contributed by atoms with E-state index in [1.807, 2.05) is 19.9 Å². The van der Waals surface area contributed by atoms with Crippen molar-refractivity contribution in [3.8, 4) is 11.5 Å². The number of barbiturate groups is 1. The van der Waals surface area contributed by atoms with Crippen LogP contribution in [-0.4, -0.2) is 29.6 Å². The molecule has 1 aliphatic rings. The first kappa shape index (κ1) is 20.6. The third kappa shape index (κ3) is 4.17. The molecule has 7 nitrogen and oxygen atoms in total. The highest BCUT2D eigenvalue weighted by atomic mass is 79.9. The van der Waals surface area contributed by atoms with Gasteiger partial charge in [0.05, 0.1) is 12.3 Å². The number of benzene rings is 2. The summed E-state index contributed by atoms with van der Waals surface area (Å²) in [5.74, 6) is -1.39. The van der Waals surface area contributed by atoms with E-state index in [1.54, 1.807) is 19.1 Å². The van der Waals surface area contributed by atoms with Crippen LogP contribution in [0.15, 0.2) is 40.4 Å². The summed E-state index contributed by atoms with van der Waals surface area (Å²) in [4.78, 5) is 38.7. The van der Waals surface area contributed by atoms with Gasteiger partial charge in [0.15, 0.2) is 11.5 Å². The number of aromatic hydroxyl groups is 1. The maximum Gasteiger partial charge on any atom is 0.335 e. The smallest absolute Gasteiger partial charge is 0.335 e. The number of carbonyl (C=O) groups is 3. The van der Waals surface area contributed by atoms with E-state index in [4.69, 9.17) is 4.74 Å². The molecule has 2 aromatic carbocycles. The van der Waals surface area contributed by atoms with Crippen LogP contribution in [0.25, 0.3) is 6.08 Å². The lowest BCUT2D eigenvalue weighted by Crippen LogP contribution is -2.54. The molecular weight excluding hydrogens is 440 g/mol. The maximum absolute atomic E-state index is 13.0. The molecule has 1 aliphatic heterocycles. The number of nitrogens with one attached hydrogen (secondary N) is 1. The van der Waals surface area contributed by atoms with Gasteiger partial charge in [-0.15, -0.1) is 0 Å². The second kappa shape index (κ2) is 8.08. The fraction of sp³-hybridized carbons (Fsp3) is 0.190. The number of rotatable bonds is 4. The molecular formula is C21H19BrN2O5. The molecule has 0 atom stereocenters. The lowest BCUT2D eigenvalue weighted by molar-refractivity contribution is -0.122. The Hall–Kier alpha value is -3.13. The predicted molar refractivity (Wildman–Crippen MR) is 112 cm³/mol. The molecule has 0 bridgehead atoms. The minimum atomic E-state index is -0.804.